The fourth-order valence-electron chi connectivity index (χ4n) is 0.865. The van der Waals surface area contributed by atoms with E-state index in [-0.39, 0.29) is 24.5 Å². The lowest BCUT2D eigenvalue weighted by atomic mass is 10.2. The quantitative estimate of drug-likeness (QED) is 0.569. The first-order valence-corrected chi connectivity index (χ1v) is 4.74. The summed E-state index contributed by atoms with van der Waals surface area (Å²) >= 11 is 0. The van der Waals surface area contributed by atoms with Gasteiger partial charge in [0.1, 0.15) is 5.78 Å². The van der Waals surface area contributed by atoms with E-state index in [9.17, 15) is 9.59 Å². The van der Waals surface area contributed by atoms with E-state index in [1.165, 1.54) is 6.92 Å². The summed E-state index contributed by atoms with van der Waals surface area (Å²) in [7, 11) is 0. The lowest BCUT2D eigenvalue weighted by Gasteiger charge is -2.14. The monoisotopic (exact) mass is 202 g/mol. The van der Waals surface area contributed by atoms with Crippen LogP contribution in [0, 0.1) is 0 Å². The molecule has 5 heteroatoms. The van der Waals surface area contributed by atoms with Crippen LogP contribution in [0.15, 0.2) is 0 Å². The molecule has 0 aliphatic heterocycles. The van der Waals surface area contributed by atoms with E-state index in [2.05, 4.69) is 10.6 Å². The number of aliphatic hydroxyl groups excluding tert-OH is 1. The first-order chi connectivity index (χ1) is 6.60. The van der Waals surface area contributed by atoms with Gasteiger partial charge in [-0.15, -0.1) is 0 Å². The van der Waals surface area contributed by atoms with Gasteiger partial charge in [0.2, 0.25) is 0 Å². The van der Waals surface area contributed by atoms with Crippen LogP contribution in [0.4, 0.5) is 4.79 Å². The van der Waals surface area contributed by atoms with Gasteiger partial charge in [-0.2, -0.15) is 0 Å². The Balaban J connectivity index is 3.59. The number of hydrogen-bond acceptors (Lipinski definition) is 3. The van der Waals surface area contributed by atoms with Crippen molar-refractivity contribution < 1.29 is 14.7 Å². The second-order valence-electron chi connectivity index (χ2n) is 3.14. The first kappa shape index (κ1) is 12.9. The second kappa shape index (κ2) is 7.32. The number of Topliss-reactive ketones (excluding diaryl/α,β-unsaturated/α-hetero) is 1. The third-order valence-corrected chi connectivity index (χ3v) is 1.81. The van der Waals surface area contributed by atoms with Crippen molar-refractivity contribution in [3.05, 3.63) is 0 Å². The fraction of sp³-hybridized carbons (Fsp3) is 0.778. The molecule has 0 aromatic heterocycles. The number of urea groups is 1. The Morgan fingerprint density at radius 2 is 2.07 bits per heavy atom. The molecule has 1 unspecified atom stereocenters. The third kappa shape index (κ3) is 6.42. The van der Waals surface area contributed by atoms with Crippen molar-refractivity contribution >= 4 is 11.8 Å². The van der Waals surface area contributed by atoms with Crippen LogP contribution in [-0.4, -0.2) is 36.1 Å². The van der Waals surface area contributed by atoms with E-state index in [0.29, 0.717) is 19.4 Å². The van der Waals surface area contributed by atoms with Crippen LogP contribution in [0.3, 0.4) is 0 Å². The Morgan fingerprint density at radius 1 is 1.43 bits per heavy atom. The van der Waals surface area contributed by atoms with Gasteiger partial charge in [0.25, 0.3) is 0 Å². The Hall–Kier alpha value is -1.10. The average molecular weight is 202 g/mol. The molecule has 0 spiro atoms. The van der Waals surface area contributed by atoms with Gasteiger partial charge >= 0.3 is 6.03 Å². The molecule has 14 heavy (non-hydrogen) atoms. The van der Waals surface area contributed by atoms with Gasteiger partial charge in [-0.05, 0) is 13.3 Å². The number of nitrogens with one attached hydrogen (secondary N) is 2. The first-order valence-electron chi connectivity index (χ1n) is 4.74. The minimum absolute atomic E-state index is 0.0412. The topological polar surface area (TPSA) is 78.4 Å². The minimum Gasteiger partial charge on any atom is -0.394 e. The number of ketones is 1. The molecule has 0 fully saturated rings. The molecule has 0 saturated heterocycles. The Bertz CT molecular complexity index is 190. The molecular weight excluding hydrogens is 184 g/mol. The summed E-state index contributed by atoms with van der Waals surface area (Å²) in [5.74, 6) is 0.0412. The van der Waals surface area contributed by atoms with E-state index < -0.39 is 0 Å². The number of amides is 2. The van der Waals surface area contributed by atoms with Crippen molar-refractivity contribution in [3.8, 4) is 0 Å². The molecule has 3 N–H and O–H groups in total. The van der Waals surface area contributed by atoms with Crippen molar-refractivity contribution in [3.63, 3.8) is 0 Å². The van der Waals surface area contributed by atoms with E-state index >= 15 is 0 Å². The smallest absolute Gasteiger partial charge is 0.315 e. The molecular formula is C9H18N2O3. The van der Waals surface area contributed by atoms with Crippen molar-refractivity contribution in [2.75, 3.05) is 13.2 Å². The van der Waals surface area contributed by atoms with Crippen LogP contribution in [0.5, 0.6) is 0 Å². The predicted octanol–water partition coefficient (Wildman–Crippen LogP) is 0.0356. The third-order valence-electron chi connectivity index (χ3n) is 1.81. The Labute approximate surface area is 83.9 Å². The highest BCUT2D eigenvalue weighted by Gasteiger charge is 2.07. The Morgan fingerprint density at radius 3 is 2.50 bits per heavy atom. The van der Waals surface area contributed by atoms with E-state index in [1.807, 2.05) is 6.92 Å². The van der Waals surface area contributed by atoms with Crippen molar-refractivity contribution in [1.29, 1.82) is 0 Å². The molecule has 0 radical (unpaired) electrons. The molecule has 0 aromatic rings. The summed E-state index contributed by atoms with van der Waals surface area (Å²) in [4.78, 5) is 21.7. The zero-order valence-electron chi connectivity index (χ0n) is 8.67. The van der Waals surface area contributed by atoms with Crippen molar-refractivity contribution in [2.24, 2.45) is 0 Å². The highest BCUT2D eigenvalue weighted by Crippen LogP contribution is 1.88. The normalized spacial score (nSPS) is 11.9. The maximum atomic E-state index is 11.1. The number of rotatable bonds is 6. The molecule has 0 heterocycles. The lowest BCUT2D eigenvalue weighted by Crippen LogP contribution is -2.43. The van der Waals surface area contributed by atoms with Crippen LogP contribution in [0.2, 0.25) is 0 Å². The zero-order valence-corrected chi connectivity index (χ0v) is 8.67. The number of carbonyl (C=O) groups is 2. The van der Waals surface area contributed by atoms with E-state index in [0.717, 1.165) is 0 Å². The molecule has 5 nitrogen and oxygen atoms in total. The van der Waals surface area contributed by atoms with Gasteiger partial charge in [-0.1, -0.05) is 6.92 Å². The molecule has 0 aliphatic carbocycles. The van der Waals surface area contributed by atoms with Gasteiger partial charge < -0.3 is 15.7 Å². The van der Waals surface area contributed by atoms with Gasteiger partial charge in [-0.25, -0.2) is 4.79 Å². The summed E-state index contributed by atoms with van der Waals surface area (Å²) in [5, 5.41) is 13.9. The molecule has 0 rings (SSSR count). The lowest BCUT2D eigenvalue weighted by molar-refractivity contribution is -0.116. The summed E-state index contributed by atoms with van der Waals surface area (Å²) in [5.41, 5.74) is 0. The second-order valence-corrected chi connectivity index (χ2v) is 3.14. The average Bonchev–Trinajstić information content (AvgIpc) is 2.13. The Kier molecular flexibility index (Phi) is 6.74. The molecule has 2 amide bonds. The fourth-order valence-corrected chi connectivity index (χ4v) is 0.865. The number of carbonyl (C=O) groups excluding carboxylic acids is 2. The summed E-state index contributed by atoms with van der Waals surface area (Å²) in [6, 6.07) is -0.556. The molecule has 0 aromatic carbocycles. The predicted molar refractivity (Wildman–Crippen MR) is 53.0 cm³/mol. The van der Waals surface area contributed by atoms with Crippen LogP contribution < -0.4 is 10.6 Å². The SMILES string of the molecule is CCC(CO)NC(=O)NCCC(C)=O. The summed E-state index contributed by atoms with van der Waals surface area (Å²) in [6.07, 6.45) is 1.01. The minimum atomic E-state index is -0.341. The van der Waals surface area contributed by atoms with Crippen molar-refractivity contribution in [1.82, 2.24) is 10.6 Å². The largest absolute Gasteiger partial charge is 0.394 e. The van der Waals surface area contributed by atoms with Gasteiger partial charge in [-0.3, -0.25) is 4.79 Å². The van der Waals surface area contributed by atoms with E-state index in [4.69, 9.17) is 5.11 Å². The standard InChI is InChI=1S/C9H18N2O3/c1-3-8(6-12)11-9(14)10-5-4-7(2)13/h8,12H,3-6H2,1-2H3,(H2,10,11,14). The van der Waals surface area contributed by atoms with Crippen LogP contribution >= 0.6 is 0 Å². The van der Waals surface area contributed by atoms with Crippen LogP contribution in [0.1, 0.15) is 26.7 Å². The van der Waals surface area contributed by atoms with Gasteiger partial charge in [0.15, 0.2) is 0 Å². The van der Waals surface area contributed by atoms with Crippen LogP contribution in [0.25, 0.3) is 0 Å². The number of hydrogen-bond donors (Lipinski definition) is 3. The highest BCUT2D eigenvalue weighted by molar-refractivity contribution is 5.77. The molecule has 0 aliphatic rings. The maximum Gasteiger partial charge on any atom is 0.315 e. The van der Waals surface area contributed by atoms with Crippen molar-refractivity contribution in [2.45, 2.75) is 32.7 Å². The molecule has 0 saturated carbocycles. The number of aliphatic hydroxyl groups is 1. The van der Waals surface area contributed by atoms with E-state index in [1.54, 1.807) is 0 Å². The highest BCUT2D eigenvalue weighted by atomic mass is 16.3. The van der Waals surface area contributed by atoms with Crippen LogP contribution in [-0.2, 0) is 4.79 Å². The maximum absolute atomic E-state index is 11.1. The zero-order chi connectivity index (χ0) is 11.0. The molecule has 82 valence electrons. The van der Waals surface area contributed by atoms with Gasteiger partial charge in [0, 0.05) is 13.0 Å². The van der Waals surface area contributed by atoms with Gasteiger partial charge in [0.05, 0.1) is 12.6 Å². The summed E-state index contributed by atoms with van der Waals surface area (Å²) < 4.78 is 0. The molecule has 0 bridgehead atoms. The summed E-state index contributed by atoms with van der Waals surface area (Å²) in [6.45, 7) is 3.61. The molecule has 1 atom stereocenters.